The topological polar surface area (TPSA) is 42.4 Å². The van der Waals surface area contributed by atoms with Crippen LogP contribution >= 0.6 is 11.3 Å². The first kappa shape index (κ1) is 14.3. The number of ether oxygens (including phenoxy) is 1. The molecule has 1 aliphatic rings. The van der Waals surface area contributed by atoms with Gasteiger partial charge in [0, 0.05) is 18.5 Å². The molecule has 1 aromatic rings. The van der Waals surface area contributed by atoms with E-state index in [-0.39, 0.29) is 12.4 Å². The van der Waals surface area contributed by atoms with Gasteiger partial charge in [-0.2, -0.15) is 0 Å². The molecule has 5 heteroatoms. The molecule has 1 aliphatic carbocycles. The molecule has 0 aromatic carbocycles. The van der Waals surface area contributed by atoms with Crippen LogP contribution in [0.15, 0.2) is 5.38 Å². The maximum absolute atomic E-state index is 11.2. The average molecular weight is 282 g/mol. The number of nitrogens with zero attached hydrogens (tertiary/aromatic N) is 2. The Morgan fingerprint density at radius 3 is 3.05 bits per heavy atom. The van der Waals surface area contributed by atoms with Crippen LogP contribution in [0.4, 0.5) is 5.13 Å². The van der Waals surface area contributed by atoms with E-state index >= 15 is 0 Å². The first-order valence-corrected chi connectivity index (χ1v) is 7.72. The normalized spacial score (nSPS) is 23.1. The molecule has 0 bridgehead atoms. The first-order valence-electron chi connectivity index (χ1n) is 6.84. The van der Waals surface area contributed by atoms with Crippen LogP contribution in [0.1, 0.15) is 38.3 Å². The smallest absolute Gasteiger partial charge is 0.311 e. The summed E-state index contributed by atoms with van der Waals surface area (Å²) in [5.41, 5.74) is 0.808. The van der Waals surface area contributed by atoms with Crippen molar-refractivity contribution in [3.8, 4) is 0 Å². The summed E-state index contributed by atoms with van der Waals surface area (Å²) in [5.74, 6) is 0.571. The minimum absolute atomic E-state index is 0.231. The molecule has 0 spiro atoms. The monoisotopic (exact) mass is 282 g/mol. The maximum atomic E-state index is 11.2. The molecule has 2 atom stereocenters. The number of carbonyl (C=O) groups is 1. The standard InChI is InChI=1S/C14H22N2O2S/c1-10-5-4-6-12(7-10)16(2)14-15-11(9-19-14)8-13(17)18-3/h9-10,12H,4-8H2,1-3H3. The highest BCUT2D eigenvalue weighted by Gasteiger charge is 2.24. The van der Waals surface area contributed by atoms with Crippen LogP contribution in [0, 0.1) is 5.92 Å². The average Bonchev–Trinajstić information content (AvgIpc) is 2.86. The molecular weight excluding hydrogens is 260 g/mol. The van der Waals surface area contributed by atoms with Gasteiger partial charge in [-0.3, -0.25) is 4.79 Å². The summed E-state index contributed by atoms with van der Waals surface area (Å²) >= 11 is 1.61. The molecule has 1 aromatic heterocycles. The van der Waals surface area contributed by atoms with Crippen molar-refractivity contribution in [2.45, 2.75) is 45.1 Å². The number of hydrogen-bond donors (Lipinski definition) is 0. The largest absolute Gasteiger partial charge is 0.469 e. The summed E-state index contributed by atoms with van der Waals surface area (Å²) in [6.07, 6.45) is 5.39. The fourth-order valence-corrected chi connectivity index (χ4v) is 3.53. The van der Waals surface area contributed by atoms with E-state index in [1.807, 2.05) is 5.38 Å². The van der Waals surface area contributed by atoms with E-state index in [4.69, 9.17) is 0 Å². The van der Waals surface area contributed by atoms with Crippen molar-refractivity contribution in [3.63, 3.8) is 0 Å². The molecular formula is C14H22N2O2S. The summed E-state index contributed by atoms with van der Waals surface area (Å²) in [5, 5.41) is 2.97. The van der Waals surface area contributed by atoms with E-state index in [2.05, 4.69) is 28.6 Å². The van der Waals surface area contributed by atoms with Gasteiger partial charge >= 0.3 is 5.97 Å². The Kier molecular flexibility index (Phi) is 4.80. The zero-order valence-electron chi connectivity index (χ0n) is 11.9. The Labute approximate surface area is 118 Å². The van der Waals surface area contributed by atoms with Gasteiger partial charge in [0.05, 0.1) is 19.2 Å². The zero-order valence-corrected chi connectivity index (χ0v) is 12.7. The third-order valence-electron chi connectivity index (χ3n) is 3.85. The second-order valence-electron chi connectivity index (χ2n) is 5.41. The predicted molar refractivity (Wildman–Crippen MR) is 77.7 cm³/mol. The Balaban J connectivity index is 1.99. The molecule has 0 N–H and O–H groups in total. The molecule has 19 heavy (non-hydrogen) atoms. The molecule has 2 unspecified atom stereocenters. The lowest BCUT2D eigenvalue weighted by molar-refractivity contribution is -0.139. The van der Waals surface area contributed by atoms with Crippen LogP contribution in [-0.4, -0.2) is 31.2 Å². The van der Waals surface area contributed by atoms with Gasteiger partial charge in [0.15, 0.2) is 5.13 Å². The Bertz CT molecular complexity index is 433. The summed E-state index contributed by atoms with van der Waals surface area (Å²) in [4.78, 5) is 18.1. The van der Waals surface area contributed by atoms with Crippen molar-refractivity contribution in [1.82, 2.24) is 4.98 Å². The SMILES string of the molecule is COC(=O)Cc1csc(N(C)C2CCCC(C)C2)n1. The number of thiazole rings is 1. The lowest BCUT2D eigenvalue weighted by atomic mass is 9.86. The van der Waals surface area contributed by atoms with Crippen molar-refractivity contribution in [2.24, 2.45) is 5.92 Å². The van der Waals surface area contributed by atoms with Crippen LogP contribution in [0.3, 0.4) is 0 Å². The van der Waals surface area contributed by atoms with Gasteiger partial charge in [-0.1, -0.05) is 19.8 Å². The van der Waals surface area contributed by atoms with Gasteiger partial charge in [0.25, 0.3) is 0 Å². The summed E-state index contributed by atoms with van der Waals surface area (Å²) in [6, 6.07) is 0.584. The molecule has 0 aliphatic heterocycles. The fourth-order valence-electron chi connectivity index (χ4n) is 2.67. The number of esters is 1. The first-order chi connectivity index (χ1) is 9.10. The van der Waals surface area contributed by atoms with E-state index < -0.39 is 0 Å². The van der Waals surface area contributed by atoms with Gasteiger partial charge < -0.3 is 9.64 Å². The van der Waals surface area contributed by atoms with Crippen molar-refractivity contribution in [2.75, 3.05) is 19.1 Å². The van der Waals surface area contributed by atoms with Crippen LogP contribution in [0.25, 0.3) is 0 Å². The van der Waals surface area contributed by atoms with E-state index in [0.29, 0.717) is 6.04 Å². The Hall–Kier alpha value is -1.10. The zero-order chi connectivity index (χ0) is 13.8. The molecule has 2 rings (SSSR count). The fraction of sp³-hybridized carbons (Fsp3) is 0.714. The summed E-state index contributed by atoms with van der Waals surface area (Å²) in [6.45, 7) is 2.32. The number of hydrogen-bond acceptors (Lipinski definition) is 5. The van der Waals surface area contributed by atoms with Crippen LogP contribution < -0.4 is 4.90 Å². The van der Waals surface area contributed by atoms with Gasteiger partial charge in [-0.25, -0.2) is 4.98 Å². The van der Waals surface area contributed by atoms with Crippen LogP contribution in [0.5, 0.6) is 0 Å². The molecule has 1 fully saturated rings. The Morgan fingerprint density at radius 1 is 1.58 bits per heavy atom. The third kappa shape index (κ3) is 3.69. The molecule has 106 valence electrons. The lowest BCUT2D eigenvalue weighted by Crippen LogP contribution is -2.35. The van der Waals surface area contributed by atoms with E-state index in [0.717, 1.165) is 16.7 Å². The quantitative estimate of drug-likeness (QED) is 0.796. The number of methoxy groups -OCH3 is 1. The van der Waals surface area contributed by atoms with Gasteiger partial charge in [-0.15, -0.1) is 11.3 Å². The molecule has 1 saturated carbocycles. The van der Waals surface area contributed by atoms with Gasteiger partial charge in [0.2, 0.25) is 0 Å². The highest BCUT2D eigenvalue weighted by Crippen LogP contribution is 2.31. The van der Waals surface area contributed by atoms with E-state index in [9.17, 15) is 4.79 Å². The second kappa shape index (κ2) is 6.37. The van der Waals surface area contributed by atoms with Crippen LogP contribution in [-0.2, 0) is 16.0 Å². The Morgan fingerprint density at radius 2 is 2.37 bits per heavy atom. The summed E-state index contributed by atoms with van der Waals surface area (Å²) < 4.78 is 4.67. The third-order valence-corrected chi connectivity index (χ3v) is 4.83. The minimum atomic E-state index is -0.231. The van der Waals surface area contributed by atoms with Gasteiger partial charge in [0.1, 0.15) is 0 Å². The molecule has 4 nitrogen and oxygen atoms in total. The summed E-state index contributed by atoms with van der Waals surface area (Å²) in [7, 11) is 3.52. The maximum Gasteiger partial charge on any atom is 0.311 e. The number of aromatic nitrogens is 1. The molecule has 0 amide bonds. The van der Waals surface area contributed by atoms with Gasteiger partial charge in [-0.05, 0) is 18.8 Å². The van der Waals surface area contributed by atoms with Crippen molar-refractivity contribution in [3.05, 3.63) is 11.1 Å². The second-order valence-corrected chi connectivity index (χ2v) is 6.25. The number of carbonyl (C=O) groups excluding carboxylic acids is 1. The van der Waals surface area contributed by atoms with E-state index in [1.165, 1.54) is 32.8 Å². The minimum Gasteiger partial charge on any atom is -0.469 e. The highest BCUT2D eigenvalue weighted by molar-refractivity contribution is 7.13. The van der Waals surface area contributed by atoms with Crippen molar-refractivity contribution in [1.29, 1.82) is 0 Å². The molecule has 1 heterocycles. The molecule has 0 saturated heterocycles. The van der Waals surface area contributed by atoms with Crippen molar-refractivity contribution < 1.29 is 9.53 Å². The highest BCUT2D eigenvalue weighted by atomic mass is 32.1. The van der Waals surface area contributed by atoms with Crippen LogP contribution in [0.2, 0.25) is 0 Å². The lowest BCUT2D eigenvalue weighted by Gasteiger charge is -2.33. The number of anilines is 1. The predicted octanol–water partition coefficient (Wildman–Crippen LogP) is 2.87. The van der Waals surface area contributed by atoms with Crippen molar-refractivity contribution >= 4 is 22.4 Å². The van der Waals surface area contributed by atoms with E-state index in [1.54, 1.807) is 11.3 Å². The number of rotatable bonds is 4. The molecule has 0 radical (unpaired) electrons.